The first kappa shape index (κ1) is 21.2. The largest absolute Gasteiger partial charge is 0.332 e. The van der Waals surface area contributed by atoms with Crippen molar-refractivity contribution in [3.63, 3.8) is 0 Å². The highest BCUT2D eigenvalue weighted by Crippen LogP contribution is 2.21. The van der Waals surface area contributed by atoms with Gasteiger partial charge in [-0.3, -0.25) is 9.59 Å². The number of piperazine rings is 1. The highest BCUT2D eigenvalue weighted by Gasteiger charge is 2.41. The Morgan fingerprint density at radius 3 is 2.23 bits per heavy atom. The van der Waals surface area contributed by atoms with Gasteiger partial charge in [0.15, 0.2) is 0 Å². The summed E-state index contributed by atoms with van der Waals surface area (Å²) < 4.78 is 1.17. The molecular weight excluding hydrogens is 439 g/mol. The lowest BCUT2D eigenvalue weighted by molar-refractivity contribution is -0.159. The maximum absolute atomic E-state index is 13.1. The monoisotopic (exact) mass is 470 g/mol. The van der Waals surface area contributed by atoms with E-state index >= 15 is 0 Å². The van der Waals surface area contributed by atoms with Crippen molar-refractivity contribution in [3.8, 4) is 0 Å². The van der Waals surface area contributed by atoms with Gasteiger partial charge in [-0.1, -0.05) is 51.2 Å². The zero-order valence-electron chi connectivity index (χ0n) is 16.2. The third-order valence-electron chi connectivity index (χ3n) is 5.30. The number of halogens is 1. The van der Waals surface area contributed by atoms with Gasteiger partial charge >= 0.3 is 0 Å². The lowest BCUT2D eigenvalue weighted by Crippen LogP contribution is -2.63. The summed E-state index contributed by atoms with van der Waals surface area (Å²) in [6, 6.07) is 7.44. The van der Waals surface area contributed by atoms with Crippen LogP contribution in [0.15, 0.2) is 24.3 Å². The van der Waals surface area contributed by atoms with Crippen LogP contribution in [0.1, 0.15) is 57.9 Å². The topological polar surface area (TPSA) is 40.6 Å². The number of carbonyl (C=O) groups excluding carboxylic acids is 2. The second-order valence-electron chi connectivity index (χ2n) is 7.27. The van der Waals surface area contributed by atoms with E-state index < -0.39 is 0 Å². The molecule has 1 heterocycles. The molecule has 0 bridgehead atoms. The van der Waals surface area contributed by atoms with Crippen LogP contribution in [0, 0.1) is 3.57 Å². The number of hydrogen-bond acceptors (Lipinski definition) is 2. The molecule has 1 saturated heterocycles. The Bertz CT molecular complexity index is 603. The van der Waals surface area contributed by atoms with E-state index in [1.54, 1.807) is 16.8 Å². The van der Waals surface area contributed by atoms with Crippen LogP contribution in [0.3, 0.4) is 0 Å². The van der Waals surface area contributed by atoms with Gasteiger partial charge in [0.25, 0.3) is 0 Å². The summed E-state index contributed by atoms with van der Waals surface area (Å²) >= 11 is 2.27. The molecule has 0 spiro atoms. The highest BCUT2D eigenvalue weighted by molar-refractivity contribution is 14.1. The van der Waals surface area contributed by atoms with Gasteiger partial charge in [0.2, 0.25) is 11.8 Å². The van der Waals surface area contributed by atoms with Crippen LogP contribution in [0.4, 0.5) is 0 Å². The summed E-state index contributed by atoms with van der Waals surface area (Å²) in [7, 11) is 1.76. The Kier molecular flexibility index (Phi) is 8.38. The van der Waals surface area contributed by atoms with E-state index in [1.807, 2.05) is 31.2 Å². The van der Waals surface area contributed by atoms with Crippen LogP contribution in [-0.4, -0.2) is 47.3 Å². The van der Waals surface area contributed by atoms with Gasteiger partial charge in [0, 0.05) is 23.6 Å². The number of hydrogen-bond donors (Lipinski definition) is 0. The Balaban J connectivity index is 1.98. The van der Waals surface area contributed by atoms with Gasteiger partial charge in [0.05, 0.1) is 0 Å². The number of nitrogens with zero attached hydrogens (tertiary/aromatic N) is 2. The smallest absolute Gasteiger partial charge is 0.246 e. The molecule has 144 valence electrons. The Morgan fingerprint density at radius 1 is 0.962 bits per heavy atom. The van der Waals surface area contributed by atoms with Crippen molar-refractivity contribution in [1.82, 2.24) is 9.80 Å². The first-order chi connectivity index (χ1) is 12.5. The second-order valence-corrected chi connectivity index (χ2v) is 8.52. The average molecular weight is 470 g/mol. The number of amides is 2. The molecule has 1 fully saturated rings. The van der Waals surface area contributed by atoms with E-state index in [1.165, 1.54) is 29.3 Å². The van der Waals surface area contributed by atoms with Gasteiger partial charge in [-0.15, -0.1) is 0 Å². The molecule has 0 radical (unpaired) electrons. The standard InChI is InChI=1S/C21H31IN2O2/c1-4-5-6-7-8-9-14-24-16(2)20(25)23(3)19(21(24)26)15-17-10-12-18(22)13-11-17/h10-13,16,19H,4-9,14-15H2,1-3H3/t16-,19-/m0/s1. The summed E-state index contributed by atoms with van der Waals surface area (Å²) in [6.07, 6.45) is 7.68. The molecule has 1 aliphatic rings. The fourth-order valence-electron chi connectivity index (χ4n) is 3.56. The van der Waals surface area contributed by atoms with Crippen LogP contribution in [0.25, 0.3) is 0 Å². The number of carbonyl (C=O) groups is 2. The molecule has 0 N–H and O–H groups in total. The van der Waals surface area contributed by atoms with E-state index in [2.05, 4.69) is 29.5 Å². The summed E-state index contributed by atoms with van der Waals surface area (Å²) in [5, 5.41) is 0. The van der Waals surface area contributed by atoms with Crippen LogP contribution in [-0.2, 0) is 16.0 Å². The molecule has 1 aromatic carbocycles. The van der Waals surface area contributed by atoms with Gasteiger partial charge in [-0.2, -0.15) is 0 Å². The third kappa shape index (κ3) is 5.44. The minimum Gasteiger partial charge on any atom is -0.332 e. The van der Waals surface area contributed by atoms with Crippen molar-refractivity contribution in [2.24, 2.45) is 0 Å². The van der Waals surface area contributed by atoms with Gasteiger partial charge in [0.1, 0.15) is 12.1 Å². The van der Waals surface area contributed by atoms with E-state index in [4.69, 9.17) is 0 Å². The van der Waals surface area contributed by atoms with Gasteiger partial charge < -0.3 is 9.80 Å². The predicted octanol–water partition coefficient (Wildman–Crippen LogP) is 4.25. The second kappa shape index (κ2) is 10.3. The maximum Gasteiger partial charge on any atom is 0.246 e. The van der Waals surface area contributed by atoms with Crippen molar-refractivity contribution < 1.29 is 9.59 Å². The maximum atomic E-state index is 13.1. The molecule has 0 unspecified atom stereocenters. The lowest BCUT2D eigenvalue weighted by atomic mass is 9.98. The average Bonchev–Trinajstić information content (AvgIpc) is 2.64. The molecule has 1 aliphatic heterocycles. The zero-order chi connectivity index (χ0) is 19.1. The first-order valence-electron chi connectivity index (χ1n) is 9.77. The number of likely N-dealkylation sites (N-methyl/N-ethyl adjacent to an activating group) is 1. The van der Waals surface area contributed by atoms with Crippen molar-refractivity contribution in [2.75, 3.05) is 13.6 Å². The summed E-state index contributed by atoms with van der Waals surface area (Å²) in [6.45, 7) is 4.76. The molecule has 4 nitrogen and oxygen atoms in total. The van der Waals surface area contributed by atoms with E-state index in [9.17, 15) is 9.59 Å². The fraction of sp³-hybridized carbons (Fsp3) is 0.619. The number of benzene rings is 1. The number of rotatable bonds is 9. The van der Waals surface area contributed by atoms with E-state index in [-0.39, 0.29) is 23.9 Å². The molecular formula is C21H31IN2O2. The summed E-state index contributed by atoms with van der Waals surface area (Å²) in [4.78, 5) is 29.1. The van der Waals surface area contributed by atoms with E-state index in [0.29, 0.717) is 13.0 Å². The third-order valence-corrected chi connectivity index (χ3v) is 6.02. The molecule has 5 heteroatoms. The minimum atomic E-state index is -0.390. The molecule has 2 atom stereocenters. The predicted molar refractivity (Wildman–Crippen MR) is 114 cm³/mol. The fourth-order valence-corrected chi connectivity index (χ4v) is 3.92. The molecule has 0 aromatic heterocycles. The van der Waals surface area contributed by atoms with Crippen molar-refractivity contribution in [3.05, 3.63) is 33.4 Å². The van der Waals surface area contributed by atoms with Crippen molar-refractivity contribution >= 4 is 34.4 Å². The van der Waals surface area contributed by atoms with Crippen LogP contribution in [0.2, 0.25) is 0 Å². The normalized spacial score (nSPS) is 20.8. The molecule has 26 heavy (non-hydrogen) atoms. The Hall–Kier alpha value is -1.11. The highest BCUT2D eigenvalue weighted by atomic mass is 127. The van der Waals surface area contributed by atoms with E-state index in [0.717, 1.165) is 18.4 Å². The summed E-state index contributed by atoms with van der Waals surface area (Å²) in [5.41, 5.74) is 1.09. The molecule has 1 aromatic rings. The van der Waals surface area contributed by atoms with Crippen molar-refractivity contribution in [1.29, 1.82) is 0 Å². The quantitative estimate of drug-likeness (QED) is 0.400. The molecule has 0 aliphatic carbocycles. The van der Waals surface area contributed by atoms with Crippen LogP contribution >= 0.6 is 22.6 Å². The number of unbranched alkanes of at least 4 members (excludes halogenated alkanes) is 5. The first-order valence-corrected chi connectivity index (χ1v) is 10.8. The Labute approximate surface area is 171 Å². The summed E-state index contributed by atoms with van der Waals surface area (Å²) in [5.74, 6) is 0.137. The van der Waals surface area contributed by atoms with Crippen LogP contribution < -0.4 is 0 Å². The van der Waals surface area contributed by atoms with Gasteiger partial charge in [-0.05, 0) is 53.6 Å². The lowest BCUT2D eigenvalue weighted by Gasteiger charge is -2.42. The van der Waals surface area contributed by atoms with Gasteiger partial charge in [-0.25, -0.2) is 0 Å². The minimum absolute atomic E-state index is 0.0473. The molecule has 2 rings (SSSR count). The SMILES string of the molecule is CCCCCCCCN1C(=O)[C@H](Cc2ccc(I)cc2)N(C)C(=O)[C@@H]1C. The Morgan fingerprint density at radius 2 is 1.58 bits per heavy atom. The van der Waals surface area contributed by atoms with Crippen molar-refractivity contribution in [2.45, 2.75) is 70.9 Å². The van der Waals surface area contributed by atoms with Crippen LogP contribution in [0.5, 0.6) is 0 Å². The molecule has 0 saturated carbocycles. The zero-order valence-corrected chi connectivity index (χ0v) is 18.4. The molecule has 2 amide bonds.